The third-order valence-electron chi connectivity index (χ3n) is 5.75. The summed E-state index contributed by atoms with van der Waals surface area (Å²) in [4.78, 5) is 66.0. The van der Waals surface area contributed by atoms with Gasteiger partial charge in [-0.15, -0.1) is 0 Å². The number of carbonyl (C=O) groups is 5. The van der Waals surface area contributed by atoms with E-state index >= 15 is 0 Å². The Morgan fingerprint density at radius 2 is 1.36 bits per heavy atom. The monoisotopic (exact) mass is 643 g/mol. The Hall–Kier alpha value is -3.78. The van der Waals surface area contributed by atoms with Crippen LogP contribution in [-0.2, 0) is 28.6 Å². The van der Waals surface area contributed by atoms with Crippen molar-refractivity contribution in [1.29, 1.82) is 0 Å². The predicted molar refractivity (Wildman–Crippen MR) is 171 cm³/mol. The first kappa shape index (κ1) is 41.2. The SMILES string of the molecule is CC(=O)OC(CCCCN=C(N)N)CC(=O)NCCC(=O)NCCCCN(CCCNC(=O)OC(C)(C)C)C(=O)OC(C)(C)C. The zero-order valence-electron chi connectivity index (χ0n) is 28.3. The number of nitrogens with one attached hydrogen (secondary N) is 3. The Kier molecular flexibility index (Phi) is 20.0. The standard InChI is InChI=1S/C30H57N7O8/c1-22(38)43-23(13-8-9-16-35-26(31)32)21-25(40)34-18-14-24(39)33-15-10-11-19-37(28(42)45-30(5,6)7)20-12-17-36-27(41)44-29(2,3)4/h23H,8-21H2,1-7H3,(H,33,39)(H,34,40)(H,36,41)(H4,31,32,35). The molecule has 0 saturated heterocycles. The van der Waals surface area contributed by atoms with Crippen molar-refractivity contribution in [2.24, 2.45) is 16.5 Å². The van der Waals surface area contributed by atoms with Gasteiger partial charge in [0, 0.05) is 52.6 Å². The lowest BCUT2D eigenvalue weighted by Gasteiger charge is -2.27. The van der Waals surface area contributed by atoms with Crippen LogP contribution in [0.25, 0.3) is 0 Å². The fourth-order valence-electron chi connectivity index (χ4n) is 3.86. The summed E-state index contributed by atoms with van der Waals surface area (Å²) in [5.41, 5.74) is 9.35. The van der Waals surface area contributed by atoms with Crippen LogP contribution in [0.5, 0.6) is 0 Å². The van der Waals surface area contributed by atoms with Gasteiger partial charge in [0.25, 0.3) is 0 Å². The summed E-state index contributed by atoms with van der Waals surface area (Å²) in [5, 5.41) is 8.18. The van der Waals surface area contributed by atoms with Crippen molar-refractivity contribution in [3.8, 4) is 0 Å². The van der Waals surface area contributed by atoms with E-state index in [1.54, 1.807) is 46.4 Å². The van der Waals surface area contributed by atoms with Gasteiger partial charge in [0.05, 0.1) is 6.42 Å². The van der Waals surface area contributed by atoms with Gasteiger partial charge in [0.15, 0.2) is 5.96 Å². The highest BCUT2D eigenvalue weighted by atomic mass is 16.6. The number of ether oxygens (including phenoxy) is 3. The van der Waals surface area contributed by atoms with E-state index in [0.29, 0.717) is 71.2 Å². The van der Waals surface area contributed by atoms with Gasteiger partial charge in [0.1, 0.15) is 17.3 Å². The molecule has 7 N–H and O–H groups in total. The first-order valence-corrected chi connectivity index (χ1v) is 15.6. The average molecular weight is 644 g/mol. The van der Waals surface area contributed by atoms with Gasteiger partial charge in [-0.25, -0.2) is 9.59 Å². The minimum atomic E-state index is -0.649. The van der Waals surface area contributed by atoms with Crippen molar-refractivity contribution < 1.29 is 38.2 Å². The summed E-state index contributed by atoms with van der Waals surface area (Å²) in [6.07, 6.45) is 2.17. The highest BCUT2D eigenvalue weighted by molar-refractivity contribution is 5.79. The maximum Gasteiger partial charge on any atom is 0.410 e. The summed E-state index contributed by atoms with van der Waals surface area (Å²) >= 11 is 0. The van der Waals surface area contributed by atoms with Crippen LogP contribution in [0.1, 0.15) is 99.8 Å². The lowest BCUT2D eigenvalue weighted by molar-refractivity contribution is -0.148. The number of hydrogen-bond acceptors (Lipinski definition) is 9. The molecule has 1 atom stereocenters. The molecule has 0 aromatic carbocycles. The molecule has 0 rings (SSSR count). The Labute approximate surface area is 267 Å². The Bertz CT molecular complexity index is 957. The minimum absolute atomic E-state index is 0.00525. The summed E-state index contributed by atoms with van der Waals surface area (Å²) in [7, 11) is 0. The van der Waals surface area contributed by atoms with Crippen LogP contribution >= 0.6 is 0 Å². The lowest BCUT2D eigenvalue weighted by atomic mass is 10.1. The van der Waals surface area contributed by atoms with Crippen molar-refractivity contribution in [2.75, 3.05) is 39.3 Å². The number of esters is 1. The van der Waals surface area contributed by atoms with Crippen molar-refractivity contribution >= 4 is 35.9 Å². The van der Waals surface area contributed by atoms with E-state index in [4.69, 9.17) is 25.7 Å². The second kappa shape index (κ2) is 21.8. The summed E-state index contributed by atoms with van der Waals surface area (Å²) in [5.74, 6) is -0.996. The van der Waals surface area contributed by atoms with Crippen molar-refractivity contribution in [3.63, 3.8) is 0 Å². The van der Waals surface area contributed by atoms with Crippen molar-refractivity contribution in [1.82, 2.24) is 20.9 Å². The average Bonchev–Trinajstić information content (AvgIpc) is 2.86. The second-order valence-corrected chi connectivity index (χ2v) is 12.6. The molecule has 0 radical (unpaired) electrons. The maximum atomic E-state index is 12.7. The van der Waals surface area contributed by atoms with Gasteiger partial charge in [0.2, 0.25) is 11.8 Å². The number of hydrogen-bond donors (Lipinski definition) is 5. The molecule has 0 saturated carbocycles. The predicted octanol–water partition coefficient (Wildman–Crippen LogP) is 2.31. The highest BCUT2D eigenvalue weighted by Gasteiger charge is 2.22. The second-order valence-electron chi connectivity index (χ2n) is 12.6. The number of aliphatic imine (C=N–C) groups is 1. The molecule has 15 heteroatoms. The minimum Gasteiger partial charge on any atom is -0.462 e. The zero-order valence-corrected chi connectivity index (χ0v) is 28.3. The lowest BCUT2D eigenvalue weighted by Crippen LogP contribution is -2.40. The molecule has 260 valence electrons. The normalized spacial score (nSPS) is 11.9. The molecule has 0 aliphatic carbocycles. The highest BCUT2D eigenvalue weighted by Crippen LogP contribution is 2.12. The van der Waals surface area contributed by atoms with Crippen LogP contribution < -0.4 is 27.4 Å². The largest absolute Gasteiger partial charge is 0.462 e. The summed E-state index contributed by atoms with van der Waals surface area (Å²) in [6, 6.07) is 0. The first-order valence-electron chi connectivity index (χ1n) is 15.6. The van der Waals surface area contributed by atoms with Crippen molar-refractivity contribution in [3.05, 3.63) is 0 Å². The summed E-state index contributed by atoms with van der Waals surface area (Å²) in [6.45, 7) is 14.2. The molecule has 0 fully saturated rings. The van der Waals surface area contributed by atoms with Gasteiger partial charge < -0.3 is 46.5 Å². The van der Waals surface area contributed by atoms with Crippen LogP contribution in [0, 0.1) is 0 Å². The molecule has 1 unspecified atom stereocenters. The molecule has 15 nitrogen and oxygen atoms in total. The molecular formula is C30H57N7O8. The van der Waals surface area contributed by atoms with Crippen molar-refractivity contribution in [2.45, 2.75) is 117 Å². The van der Waals surface area contributed by atoms with E-state index in [2.05, 4.69) is 20.9 Å². The number of unbranched alkanes of at least 4 members (excludes halogenated alkanes) is 2. The van der Waals surface area contributed by atoms with E-state index in [9.17, 15) is 24.0 Å². The molecule has 0 aliphatic heterocycles. The Morgan fingerprint density at radius 3 is 1.96 bits per heavy atom. The summed E-state index contributed by atoms with van der Waals surface area (Å²) < 4.78 is 16.0. The van der Waals surface area contributed by atoms with Gasteiger partial charge >= 0.3 is 18.2 Å². The number of alkyl carbamates (subject to hydrolysis) is 1. The van der Waals surface area contributed by atoms with Crippen LogP contribution in [0.3, 0.4) is 0 Å². The zero-order chi connectivity index (χ0) is 34.5. The van der Waals surface area contributed by atoms with Gasteiger partial charge in [-0.2, -0.15) is 0 Å². The van der Waals surface area contributed by atoms with E-state index in [1.807, 2.05) is 0 Å². The van der Waals surface area contributed by atoms with Crippen LogP contribution in [0.15, 0.2) is 4.99 Å². The van der Waals surface area contributed by atoms with Crippen LogP contribution in [-0.4, -0.2) is 97.4 Å². The number of nitrogens with two attached hydrogens (primary N) is 2. The fourth-order valence-corrected chi connectivity index (χ4v) is 3.86. The number of carbonyl (C=O) groups excluding carboxylic acids is 5. The topological polar surface area (TPSA) is 217 Å². The molecule has 0 heterocycles. The first-order chi connectivity index (χ1) is 20.9. The Morgan fingerprint density at radius 1 is 0.756 bits per heavy atom. The van der Waals surface area contributed by atoms with Gasteiger partial charge in [-0.3, -0.25) is 19.4 Å². The molecule has 0 aromatic rings. The molecular weight excluding hydrogens is 586 g/mol. The van der Waals surface area contributed by atoms with Crippen LogP contribution in [0.2, 0.25) is 0 Å². The molecule has 0 aliphatic rings. The van der Waals surface area contributed by atoms with E-state index < -0.39 is 35.5 Å². The van der Waals surface area contributed by atoms with Gasteiger partial charge in [-0.1, -0.05) is 0 Å². The quantitative estimate of drug-likeness (QED) is 0.0429. The third-order valence-corrected chi connectivity index (χ3v) is 5.75. The van der Waals surface area contributed by atoms with Crippen LogP contribution in [0.4, 0.5) is 9.59 Å². The third kappa shape index (κ3) is 26.3. The molecule has 45 heavy (non-hydrogen) atoms. The van der Waals surface area contributed by atoms with E-state index in [-0.39, 0.29) is 37.2 Å². The molecule has 0 bridgehead atoms. The number of nitrogens with zero attached hydrogens (tertiary/aromatic N) is 2. The molecule has 0 aromatic heterocycles. The smallest absolute Gasteiger partial charge is 0.410 e. The van der Waals surface area contributed by atoms with E-state index in [1.165, 1.54) is 6.92 Å². The number of amides is 4. The number of rotatable bonds is 20. The molecule has 0 spiro atoms. The van der Waals surface area contributed by atoms with Gasteiger partial charge in [-0.05, 0) is 80.1 Å². The molecule has 4 amide bonds. The fraction of sp³-hybridized carbons (Fsp3) is 0.800. The van der Waals surface area contributed by atoms with E-state index in [0.717, 1.165) is 0 Å². The Balaban J connectivity index is 4.44. The number of guanidine groups is 1. The maximum absolute atomic E-state index is 12.7.